The van der Waals surface area contributed by atoms with Crippen LogP contribution in [0.5, 0.6) is 0 Å². The van der Waals surface area contributed by atoms with Crippen LogP contribution in [0.2, 0.25) is 0 Å². The highest BCUT2D eigenvalue weighted by Crippen LogP contribution is 1.80. The third-order valence-electron chi connectivity index (χ3n) is 1.25. The summed E-state index contributed by atoms with van der Waals surface area (Å²) in [6.07, 6.45) is 4.87. The standard InChI is InChI=1S/C7H13N.C4H4O4/c1-4-6-8(3)7-5-2;5-3(6)1-2-4(7)8/h4-5H,1-2,6-7H2,3H3;1-2H,(H,5,6)(H,7,8)/b;2-1-. The van der Waals surface area contributed by atoms with Gasteiger partial charge in [-0.15, -0.1) is 13.2 Å². The van der Waals surface area contributed by atoms with Crippen molar-refractivity contribution < 1.29 is 19.8 Å². The highest BCUT2D eigenvalue weighted by atomic mass is 16.4. The van der Waals surface area contributed by atoms with Gasteiger partial charge < -0.3 is 10.2 Å². The van der Waals surface area contributed by atoms with Crippen LogP contribution >= 0.6 is 0 Å². The van der Waals surface area contributed by atoms with E-state index in [1.54, 1.807) is 0 Å². The van der Waals surface area contributed by atoms with Crippen molar-refractivity contribution in [3.63, 3.8) is 0 Å². The normalized spacial score (nSPS) is 9.38. The van der Waals surface area contributed by atoms with Crippen molar-refractivity contribution in [3.05, 3.63) is 37.5 Å². The first-order valence-electron chi connectivity index (χ1n) is 4.48. The van der Waals surface area contributed by atoms with E-state index in [9.17, 15) is 9.59 Å². The van der Waals surface area contributed by atoms with E-state index >= 15 is 0 Å². The monoisotopic (exact) mass is 227 g/mol. The Kier molecular flexibility index (Phi) is 11.6. The van der Waals surface area contributed by atoms with E-state index in [2.05, 4.69) is 18.1 Å². The first-order valence-corrected chi connectivity index (χ1v) is 4.48. The molecule has 0 saturated carbocycles. The van der Waals surface area contributed by atoms with Gasteiger partial charge in [-0.05, 0) is 7.05 Å². The minimum atomic E-state index is -1.26. The molecule has 5 nitrogen and oxygen atoms in total. The molecule has 0 aromatic carbocycles. The van der Waals surface area contributed by atoms with Crippen molar-refractivity contribution in [2.45, 2.75) is 0 Å². The Bertz CT molecular complexity index is 245. The smallest absolute Gasteiger partial charge is 0.328 e. The summed E-state index contributed by atoms with van der Waals surface area (Å²) in [5.74, 6) is -2.51. The Hall–Kier alpha value is -1.88. The summed E-state index contributed by atoms with van der Waals surface area (Å²) in [6, 6.07) is 0. The molecule has 0 aromatic rings. The molecule has 0 fully saturated rings. The summed E-state index contributed by atoms with van der Waals surface area (Å²) in [4.78, 5) is 21.2. The fraction of sp³-hybridized carbons (Fsp3) is 0.273. The largest absolute Gasteiger partial charge is 0.478 e. The summed E-state index contributed by atoms with van der Waals surface area (Å²) in [5.41, 5.74) is 0. The van der Waals surface area contributed by atoms with Crippen molar-refractivity contribution in [1.29, 1.82) is 0 Å². The maximum Gasteiger partial charge on any atom is 0.328 e. The number of rotatable bonds is 6. The van der Waals surface area contributed by atoms with E-state index in [1.807, 2.05) is 19.2 Å². The lowest BCUT2D eigenvalue weighted by molar-refractivity contribution is -0.134. The number of hydrogen-bond acceptors (Lipinski definition) is 3. The van der Waals surface area contributed by atoms with E-state index < -0.39 is 11.9 Å². The highest BCUT2D eigenvalue weighted by molar-refractivity contribution is 5.89. The molecular weight excluding hydrogens is 210 g/mol. The van der Waals surface area contributed by atoms with Gasteiger partial charge in [-0.2, -0.15) is 0 Å². The van der Waals surface area contributed by atoms with Crippen LogP contribution in [0.1, 0.15) is 0 Å². The molecule has 0 heterocycles. The second-order valence-electron chi connectivity index (χ2n) is 2.81. The average molecular weight is 227 g/mol. The van der Waals surface area contributed by atoms with E-state index in [1.165, 1.54) is 0 Å². The third kappa shape index (κ3) is 18.0. The van der Waals surface area contributed by atoms with E-state index in [4.69, 9.17) is 10.2 Å². The van der Waals surface area contributed by atoms with Gasteiger partial charge in [-0.25, -0.2) is 9.59 Å². The highest BCUT2D eigenvalue weighted by Gasteiger charge is 1.88. The lowest BCUT2D eigenvalue weighted by atomic mass is 10.5. The van der Waals surface area contributed by atoms with Crippen LogP contribution in [-0.2, 0) is 9.59 Å². The van der Waals surface area contributed by atoms with Gasteiger partial charge in [0.05, 0.1) is 0 Å². The molecule has 90 valence electrons. The quantitative estimate of drug-likeness (QED) is 0.523. The molecule has 0 aliphatic rings. The molecule has 0 aromatic heterocycles. The second-order valence-corrected chi connectivity index (χ2v) is 2.81. The number of carboxylic acid groups (broad SMARTS) is 2. The van der Waals surface area contributed by atoms with Gasteiger partial charge in [-0.3, -0.25) is 4.90 Å². The van der Waals surface area contributed by atoms with Crippen LogP contribution in [0, 0.1) is 0 Å². The summed E-state index contributed by atoms with van der Waals surface area (Å²) in [6.45, 7) is 9.09. The van der Waals surface area contributed by atoms with Crippen molar-refractivity contribution in [3.8, 4) is 0 Å². The Labute approximate surface area is 95.0 Å². The molecule has 5 heteroatoms. The van der Waals surface area contributed by atoms with Gasteiger partial charge in [0.25, 0.3) is 0 Å². The minimum absolute atomic E-state index is 0.558. The molecule has 0 spiro atoms. The molecule has 16 heavy (non-hydrogen) atoms. The number of nitrogens with zero attached hydrogens (tertiary/aromatic N) is 1. The summed E-state index contributed by atoms with van der Waals surface area (Å²) in [5, 5.41) is 15.6. The van der Waals surface area contributed by atoms with Gasteiger partial charge in [0, 0.05) is 25.2 Å². The maximum atomic E-state index is 9.55. The molecule has 0 aliphatic heterocycles. The molecule has 0 rings (SSSR count). The van der Waals surface area contributed by atoms with Crippen LogP contribution < -0.4 is 0 Å². The first-order chi connectivity index (χ1) is 7.43. The fourth-order valence-electron chi connectivity index (χ4n) is 0.658. The van der Waals surface area contributed by atoms with Crippen molar-refractivity contribution >= 4 is 11.9 Å². The molecule has 2 N–H and O–H groups in total. The molecular formula is C11H17NO4. The van der Waals surface area contributed by atoms with E-state index in [0.717, 1.165) is 13.1 Å². The zero-order valence-corrected chi connectivity index (χ0v) is 9.30. The van der Waals surface area contributed by atoms with E-state index in [0.29, 0.717) is 12.2 Å². The molecule has 0 unspecified atom stereocenters. The molecule has 0 bridgehead atoms. The third-order valence-corrected chi connectivity index (χ3v) is 1.25. The topological polar surface area (TPSA) is 77.8 Å². The Balaban J connectivity index is 0. The number of carboxylic acids is 2. The molecule has 0 amide bonds. The Morgan fingerprint density at radius 3 is 1.56 bits per heavy atom. The minimum Gasteiger partial charge on any atom is -0.478 e. The Morgan fingerprint density at radius 2 is 1.38 bits per heavy atom. The van der Waals surface area contributed by atoms with Crippen LogP contribution in [0.4, 0.5) is 0 Å². The van der Waals surface area contributed by atoms with Crippen LogP contribution in [0.25, 0.3) is 0 Å². The number of carbonyl (C=O) groups is 2. The molecule has 0 aliphatic carbocycles. The zero-order chi connectivity index (χ0) is 13.0. The van der Waals surface area contributed by atoms with Crippen molar-refractivity contribution in [1.82, 2.24) is 4.90 Å². The number of hydrogen-bond donors (Lipinski definition) is 2. The Morgan fingerprint density at radius 1 is 1.06 bits per heavy atom. The van der Waals surface area contributed by atoms with Gasteiger partial charge in [0.15, 0.2) is 0 Å². The van der Waals surface area contributed by atoms with Crippen molar-refractivity contribution in [2.24, 2.45) is 0 Å². The van der Waals surface area contributed by atoms with Crippen LogP contribution in [0.3, 0.4) is 0 Å². The van der Waals surface area contributed by atoms with E-state index in [-0.39, 0.29) is 0 Å². The number of likely N-dealkylation sites (N-methyl/N-ethyl adjacent to an activating group) is 1. The SMILES string of the molecule is C=CCN(C)CC=C.O=C(O)/C=C\C(=O)O. The van der Waals surface area contributed by atoms with Gasteiger partial charge in [-0.1, -0.05) is 12.2 Å². The van der Waals surface area contributed by atoms with Gasteiger partial charge >= 0.3 is 11.9 Å². The lowest BCUT2D eigenvalue weighted by Gasteiger charge is -2.09. The fourth-order valence-corrected chi connectivity index (χ4v) is 0.658. The van der Waals surface area contributed by atoms with Crippen LogP contribution in [0.15, 0.2) is 37.5 Å². The first kappa shape index (κ1) is 16.5. The zero-order valence-electron chi connectivity index (χ0n) is 9.30. The predicted octanol–water partition coefficient (Wildman–Crippen LogP) is 1.00. The average Bonchev–Trinajstić information content (AvgIpc) is 2.16. The molecule has 0 saturated heterocycles. The lowest BCUT2D eigenvalue weighted by Crippen LogP contribution is -2.17. The van der Waals surface area contributed by atoms with Crippen molar-refractivity contribution in [2.75, 3.05) is 20.1 Å². The van der Waals surface area contributed by atoms with Gasteiger partial charge in [0.1, 0.15) is 0 Å². The summed E-state index contributed by atoms with van der Waals surface area (Å²) >= 11 is 0. The predicted molar refractivity (Wildman–Crippen MR) is 62.3 cm³/mol. The summed E-state index contributed by atoms with van der Waals surface area (Å²) < 4.78 is 0. The van der Waals surface area contributed by atoms with Gasteiger partial charge in [0.2, 0.25) is 0 Å². The molecule has 0 radical (unpaired) electrons. The maximum absolute atomic E-state index is 9.55. The number of aliphatic carboxylic acids is 2. The second kappa shape index (κ2) is 11.2. The summed E-state index contributed by atoms with van der Waals surface area (Å²) in [7, 11) is 2.03. The molecule has 0 atom stereocenters. The van der Waals surface area contributed by atoms with Crippen LogP contribution in [-0.4, -0.2) is 47.2 Å².